The third-order valence-corrected chi connectivity index (χ3v) is 6.00. The molecule has 1 aliphatic rings. The fourth-order valence-electron chi connectivity index (χ4n) is 3.05. The fraction of sp³-hybridized carbons (Fsp3) is 0.273. The Morgan fingerprint density at radius 1 is 1.16 bits per heavy atom. The Kier molecular flexibility index (Phi) is 7.93. The molecule has 3 rings (SSSR count). The second-order valence-corrected chi connectivity index (χ2v) is 8.23. The summed E-state index contributed by atoms with van der Waals surface area (Å²) in [5.74, 6) is -0.899. The largest absolute Gasteiger partial charge is 0.452 e. The average Bonchev–Trinajstić information content (AvgIpc) is 3.31. The minimum Gasteiger partial charge on any atom is -0.452 e. The zero-order valence-corrected chi connectivity index (χ0v) is 18.2. The molecule has 1 N–H and O–H groups in total. The second kappa shape index (κ2) is 10.8. The highest BCUT2D eigenvalue weighted by atomic mass is 35.5. The van der Waals surface area contributed by atoms with E-state index in [-0.39, 0.29) is 16.7 Å². The molecule has 0 spiro atoms. The third-order valence-electron chi connectivity index (χ3n) is 4.62. The summed E-state index contributed by atoms with van der Waals surface area (Å²) in [7, 11) is 0. The summed E-state index contributed by atoms with van der Waals surface area (Å²) in [5.41, 5.74) is 0.987. The van der Waals surface area contributed by atoms with Crippen LogP contribution in [-0.2, 0) is 14.3 Å². The molecule has 2 amide bonds. The number of anilines is 1. The lowest BCUT2D eigenvalue weighted by atomic mass is 10.2. The quantitative estimate of drug-likeness (QED) is 0.502. The minimum absolute atomic E-state index is 0.0473. The number of carbonyl (C=O) groups is 3. The van der Waals surface area contributed by atoms with E-state index < -0.39 is 18.5 Å². The summed E-state index contributed by atoms with van der Waals surface area (Å²) in [6.45, 7) is 1.08. The van der Waals surface area contributed by atoms with Crippen LogP contribution in [0.3, 0.4) is 0 Å². The number of carbonyl (C=O) groups excluding carboxylic acids is 3. The van der Waals surface area contributed by atoms with Crippen molar-refractivity contribution in [2.75, 3.05) is 30.8 Å². The Morgan fingerprint density at radius 3 is 2.61 bits per heavy atom. The van der Waals surface area contributed by atoms with Gasteiger partial charge in [-0.2, -0.15) is 5.26 Å². The molecule has 0 saturated carbocycles. The van der Waals surface area contributed by atoms with Crippen LogP contribution in [0.15, 0.2) is 47.4 Å². The number of amides is 2. The van der Waals surface area contributed by atoms with Crippen LogP contribution in [0.2, 0.25) is 5.02 Å². The van der Waals surface area contributed by atoms with E-state index in [2.05, 4.69) is 5.32 Å². The highest BCUT2D eigenvalue weighted by Crippen LogP contribution is 2.24. The van der Waals surface area contributed by atoms with Crippen molar-refractivity contribution in [3.63, 3.8) is 0 Å². The number of thioether (sulfide) groups is 1. The van der Waals surface area contributed by atoms with Crippen molar-refractivity contribution in [2.45, 2.75) is 17.7 Å². The van der Waals surface area contributed by atoms with Crippen LogP contribution < -0.4 is 5.32 Å². The second-order valence-electron chi connectivity index (χ2n) is 6.80. The monoisotopic (exact) mass is 457 g/mol. The van der Waals surface area contributed by atoms with E-state index in [1.54, 1.807) is 24.3 Å². The molecule has 31 heavy (non-hydrogen) atoms. The zero-order chi connectivity index (χ0) is 22.2. The maximum atomic E-state index is 12.5. The molecule has 0 atom stereocenters. The van der Waals surface area contributed by atoms with Gasteiger partial charge in [0, 0.05) is 23.7 Å². The van der Waals surface area contributed by atoms with Gasteiger partial charge in [0.25, 0.3) is 5.91 Å². The van der Waals surface area contributed by atoms with Gasteiger partial charge in [0.05, 0.1) is 21.9 Å². The van der Waals surface area contributed by atoms with Crippen LogP contribution in [0.5, 0.6) is 0 Å². The lowest BCUT2D eigenvalue weighted by Gasteiger charge is -2.15. The maximum absolute atomic E-state index is 12.5. The van der Waals surface area contributed by atoms with Gasteiger partial charge in [-0.1, -0.05) is 23.7 Å². The van der Waals surface area contributed by atoms with E-state index in [9.17, 15) is 14.4 Å². The molecule has 1 fully saturated rings. The van der Waals surface area contributed by atoms with Gasteiger partial charge < -0.3 is 15.0 Å². The summed E-state index contributed by atoms with van der Waals surface area (Å²) < 4.78 is 5.14. The van der Waals surface area contributed by atoms with Gasteiger partial charge in [-0.25, -0.2) is 4.79 Å². The number of nitrogens with zero attached hydrogens (tertiary/aromatic N) is 2. The number of likely N-dealkylation sites (tertiary alicyclic amines) is 1. The number of hydrogen-bond donors (Lipinski definition) is 1. The van der Waals surface area contributed by atoms with Crippen molar-refractivity contribution in [3.8, 4) is 6.07 Å². The molecule has 9 heteroatoms. The van der Waals surface area contributed by atoms with Crippen molar-refractivity contribution in [1.82, 2.24) is 4.90 Å². The number of benzene rings is 2. The number of rotatable bonds is 7. The van der Waals surface area contributed by atoms with Crippen LogP contribution in [0.4, 0.5) is 5.69 Å². The summed E-state index contributed by atoms with van der Waals surface area (Å²) in [6, 6.07) is 13.2. The predicted octanol–water partition coefficient (Wildman–Crippen LogP) is 3.72. The van der Waals surface area contributed by atoms with E-state index in [1.165, 1.54) is 30.0 Å². The highest BCUT2D eigenvalue weighted by molar-refractivity contribution is 8.00. The number of halogens is 1. The molecule has 2 aromatic carbocycles. The number of hydrogen-bond acceptors (Lipinski definition) is 6. The SMILES string of the molecule is N#Cc1ccc(NC(=O)COC(=O)c2ccccc2SCC(=O)N2CCCC2)cc1Cl. The lowest BCUT2D eigenvalue weighted by molar-refractivity contribution is -0.127. The van der Waals surface area contributed by atoms with Crippen molar-refractivity contribution in [2.24, 2.45) is 0 Å². The predicted molar refractivity (Wildman–Crippen MR) is 118 cm³/mol. The molecule has 0 aliphatic carbocycles. The highest BCUT2D eigenvalue weighted by Gasteiger charge is 2.20. The number of ether oxygens (including phenoxy) is 1. The van der Waals surface area contributed by atoms with E-state index in [0.717, 1.165) is 25.9 Å². The van der Waals surface area contributed by atoms with E-state index in [0.29, 0.717) is 21.7 Å². The molecule has 7 nitrogen and oxygen atoms in total. The number of nitriles is 1. The molecular formula is C22H20ClN3O4S. The smallest absolute Gasteiger partial charge is 0.339 e. The number of esters is 1. The molecule has 160 valence electrons. The van der Waals surface area contributed by atoms with Gasteiger partial charge in [0.15, 0.2) is 6.61 Å². The topological polar surface area (TPSA) is 99.5 Å². The normalized spacial score (nSPS) is 12.8. The standard InChI is InChI=1S/C22H20ClN3O4S/c23-18-11-16(8-7-15(18)12-24)25-20(27)13-30-22(29)17-5-1-2-6-19(17)31-14-21(28)26-9-3-4-10-26/h1-2,5-8,11H,3-4,9-10,13-14H2,(H,25,27). The third kappa shape index (κ3) is 6.23. The zero-order valence-electron chi connectivity index (χ0n) is 16.6. The van der Waals surface area contributed by atoms with Gasteiger partial charge in [-0.3, -0.25) is 9.59 Å². The first-order chi connectivity index (χ1) is 15.0. The van der Waals surface area contributed by atoms with Gasteiger partial charge in [0.1, 0.15) is 6.07 Å². The molecular weight excluding hydrogens is 438 g/mol. The first-order valence-electron chi connectivity index (χ1n) is 9.64. The minimum atomic E-state index is -0.648. The molecule has 0 aromatic heterocycles. The molecule has 1 saturated heterocycles. The number of nitrogens with one attached hydrogen (secondary N) is 1. The van der Waals surface area contributed by atoms with Crippen molar-refractivity contribution < 1.29 is 19.1 Å². The summed E-state index contributed by atoms with van der Waals surface area (Å²) >= 11 is 7.22. The average molecular weight is 458 g/mol. The van der Waals surface area contributed by atoms with Crippen molar-refractivity contribution in [3.05, 3.63) is 58.6 Å². The molecule has 0 bridgehead atoms. The summed E-state index contributed by atoms with van der Waals surface area (Å²) in [5, 5.41) is 11.7. The van der Waals surface area contributed by atoms with Crippen LogP contribution in [0.25, 0.3) is 0 Å². The fourth-order valence-corrected chi connectivity index (χ4v) is 4.21. The Balaban J connectivity index is 1.54. The first kappa shape index (κ1) is 22.7. The Hall–Kier alpha value is -3.02. The van der Waals surface area contributed by atoms with Gasteiger partial charge in [0.2, 0.25) is 5.91 Å². The molecule has 1 aliphatic heterocycles. The van der Waals surface area contributed by atoms with E-state index >= 15 is 0 Å². The lowest BCUT2D eigenvalue weighted by Crippen LogP contribution is -2.29. The van der Waals surface area contributed by atoms with Gasteiger partial charge >= 0.3 is 5.97 Å². The van der Waals surface area contributed by atoms with Crippen LogP contribution >= 0.6 is 23.4 Å². The molecule has 1 heterocycles. The summed E-state index contributed by atoms with van der Waals surface area (Å²) in [6.07, 6.45) is 2.05. The van der Waals surface area contributed by atoms with Crippen molar-refractivity contribution >= 4 is 46.8 Å². The van der Waals surface area contributed by atoms with Crippen LogP contribution in [0.1, 0.15) is 28.8 Å². The Morgan fingerprint density at radius 2 is 1.90 bits per heavy atom. The van der Waals surface area contributed by atoms with Gasteiger partial charge in [-0.05, 0) is 43.2 Å². The summed E-state index contributed by atoms with van der Waals surface area (Å²) in [4.78, 5) is 39.3. The first-order valence-corrected chi connectivity index (χ1v) is 11.0. The molecule has 0 unspecified atom stereocenters. The maximum Gasteiger partial charge on any atom is 0.339 e. The molecule has 2 aromatic rings. The Bertz CT molecular complexity index is 1030. The van der Waals surface area contributed by atoms with Gasteiger partial charge in [-0.15, -0.1) is 11.8 Å². The van der Waals surface area contributed by atoms with Crippen LogP contribution in [0, 0.1) is 11.3 Å². The van der Waals surface area contributed by atoms with Crippen LogP contribution in [-0.4, -0.2) is 48.1 Å². The van der Waals surface area contributed by atoms with E-state index in [4.69, 9.17) is 21.6 Å². The molecule has 0 radical (unpaired) electrons. The Labute approximate surface area is 189 Å². The van der Waals surface area contributed by atoms with Crippen molar-refractivity contribution in [1.29, 1.82) is 5.26 Å². The van der Waals surface area contributed by atoms with E-state index in [1.807, 2.05) is 11.0 Å².